The minimum Gasteiger partial charge on any atom is -0.373 e. The van der Waals surface area contributed by atoms with E-state index < -0.39 is 0 Å². The molecule has 0 atom stereocenters. The minimum absolute atomic E-state index is 0.853. The lowest BCUT2D eigenvalue weighted by molar-refractivity contribution is 0.787. The Hall–Kier alpha value is -1.56. The molecule has 0 bridgehead atoms. The molecule has 0 radical (unpaired) electrons. The Kier molecular flexibility index (Phi) is 3.09. The van der Waals surface area contributed by atoms with Crippen LogP contribution in [0.4, 0.5) is 5.82 Å². The van der Waals surface area contributed by atoms with Crippen molar-refractivity contribution in [2.75, 3.05) is 12.4 Å². The summed E-state index contributed by atoms with van der Waals surface area (Å²) in [6, 6.07) is 0. The van der Waals surface area contributed by atoms with Crippen LogP contribution in [0.15, 0.2) is 28.9 Å². The fourth-order valence-electron chi connectivity index (χ4n) is 1.33. The molecular formula is C10H13N5S. The quantitative estimate of drug-likeness (QED) is 0.821. The molecule has 0 spiro atoms. The van der Waals surface area contributed by atoms with Crippen LogP contribution < -0.4 is 5.32 Å². The van der Waals surface area contributed by atoms with Crippen LogP contribution in [0.2, 0.25) is 0 Å². The number of hydrogen-bond acceptors (Lipinski definition) is 5. The van der Waals surface area contributed by atoms with Crippen molar-refractivity contribution >= 4 is 17.6 Å². The maximum atomic E-state index is 4.26. The van der Waals surface area contributed by atoms with Gasteiger partial charge in [-0.2, -0.15) is 0 Å². The highest BCUT2D eigenvalue weighted by molar-refractivity contribution is 7.99. The fourth-order valence-corrected chi connectivity index (χ4v) is 2.17. The summed E-state index contributed by atoms with van der Waals surface area (Å²) in [7, 11) is 3.81. The van der Waals surface area contributed by atoms with Crippen molar-refractivity contribution in [1.29, 1.82) is 0 Å². The zero-order chi connectivity index (χ0) is 11.5. The topological polar surface area (TPSA) is 55.6 Å². The maximum Gasteiger partial charge on any atom is 0.174 e. The molecule has 0 unspecified atom stereocenters. The summed E-state index contributed by atoms with van der Waals surface area (Å²) in [5.74, 6) is 0.853. The Bertz CT molecular complexity index is 494. The molecule has 6 heteroatoms. The van der Waals surface area contributed by atoms with Crippen LogP contribution in [0.25, 0.3) is 0 Å². The molecule has 0 aliphatic carbocycles. The highest BCUT2D eigenvalue weighted by Gasteiger charge is 2.09. The number of imidazole rings is 1. The van der Waals surface area contributed by atoms with Gasteiger partial charge < -0.3 is 9.88 Å². The van der Waals surface area contributed by atoms with Crippen LogP contribution in [0, 0.1) is 6.92 Å². The van der Waals surface area contributed by atoms with Crippen LogP contribution in [0.1, 0.15) is 5.56 Å². The second-order valence-electron chi connectivity index (χ2n) is 3.33. The van der Waals surface area contributed by atoms with E-state index in [-0.39, 0.29) is 0 Å². The second-order valence-corrected chi connectivity index (χ2v) is 4.28. The van der Waals surface area contributed by atoms with Crippen molar-refractivity contribution in [3.8, 4) is 0 Å². The van der Waals surface area contributed by atoms with Gasteiger partial charge >= 0.3 is 0 Å². The van der Waals surface area contributed by atoms with E-state index >= 15 is 0 Å². The molecule has 0 fully saturated rings. The monoisotopic (exact) mass is 235 g/mol. The van der Waals surface area contributed by atoms with Gasteiger partial charge in [-0.15, -0.1) is 0 Å². The van der Waals surface area contributed by atoms with Gasteiger partial charge in [0.25, 0.3) is 0 Å². The first kappa shape index (κ1) is 10.9. The van der Waals surface area contributed by atoms with Crippen LogP contribution in [-0.2, 0) is 7.05 Å². The van der Waals surface area contributed by atoms with E-state index in [1.54, 1.807) is 12.5 Å². The predicted molar refractivity (Wildman–Crippen MR) is 63.6 cm³/mol. The highest BCUT2D eigenvalue weighted by Crippen LogP contribution is 2.28. The Morgan fingerprint density at radius 3 is 2.75 bits per heavy atom. The first-order valence-electron chi connectivity index (χ1n) is 4.87. The third-order valence-corrected chi connectivity index (χ3v) is 3.42. The van der Waals surface area contributed by atoms with Crippen LogP contribution >= 0.6 is 11.8 Å². The van der Waals surface area contributed by atoms with Gasteiger partial charge in [0.05, 0.1) is 0 Å². The van der Waals surface area contributed by atoms with Gasteiger partial charge in [-0.3, -0.25) is 0 Å². The minimum atomic E-state index is 0.853. The molecule has 2 aromatic rings. The zero-order valence-corrected chi connectivity index (χ0v) is 10.2. The lowest BCUT2D eigenvalue weighted by atomic mass is 10.3. The smallest absolute Gasteiger partial charge is 0.174 e. The van der Waals surface area contributed by atoms with Gasteiger partial charge in [0.15, 0.2) is 5.16 Å². The van der Waals surface area contributed by atoms with E-state index in [4.69, 9.17) is 0 Å². The van der Waals surface area contributed by atoms with Crippen molar-refractivity contribution in [3.05, 3.63) is 24.3 Å². The van der Waals surface area contributed by atoms with Gasteiger partial charge in [-0.25, -0.2) is 15.0 Å². The van der Waals surface area contributed by atoms with Crippen LogP contribution in [0.5, 0.6) is 0 Å². The summed E-state index contributed by atoms with van der Waals surface area (Å²) in [5.41, 5.74) is 1.04. The number of aromatic nitrogens is 4. The number of nitrogens with one attached hydrogen (secondary N) is 1. The summed E-state index contributed by atoms with van der Waals surface area (Å²) in [5, 5.41) is 4.88. The molecule has 0 aliphatic rings. The first-order valence-corrected chi connectivity index (χ1v) is 5.68. The van der Waals surface area contributed by atoms with Crippen molar-refractivity contribution in [2.45, 2.75) is 17.1 Å². The number of aryl methyl sites for hydroxylation is 1. The Balaban J connectivity index is 2.32. The van der Waals surface area contributed by atoms with Crippen molar-refractivity contribution < 1.29 is 0 Å². The molecule has 84 valence electrons. The van der Waals surface area contributed by atoms with E-state index in [1.165, 1.54) is 11.8 Å². The predicted octanol–water partition coefficient (Wildman–Crippen LogP) is 1.71. The Morgan fingerprint density at radius 2 is 2.12 bits per heavy atom. The molecular weight excluding hydrogens is 222 g/mol. The third-order valence-electron chi connectivity index (χ3n) is 2.24. The van der Waals surface area contributed by atoms with Gasteiger partial charge in [0.1, 0.15) is 17.2 Å². The summed E-state index contributed by atoms with van der Waals surface area (Å²) in [4.78, 5) is 12.7. The molecule has 16 heavy (non-hydrogen) atoms. The molecule has 5 nitrogen and oxygen atoms in total. The molecule has 2 aromatic heterocycles. The summed E-state index contributed by atoms with van der Waals surface area (Å²) >= 11 is 1.54. The Morgan fingerprint density at radius 1 is 1.31 bits per heavy atom. The number of anilines is 1. The van der Waals surface area contributed by atoms with E-state index in [0.717, 1.165) is 21.6 Å². The number of nitrogens with zero attached hydrogens (tertiary/aromatic N) is 4. The van der Waals surface area contributed by atoms with E-state index in [9.17, 15) is 0 Å². The number of rotatable bonds is 3. The van der Waals surface area contributed by atoms with E-state index in [2.05, 4.69) is 20.3 Å². The van der Waals surface area contributed by atoms with Crippen LogP contribution in [-0.4, -0.2) is 26.6 Å². The SMILES string of the molecule is CNc1ncnc(Sc2nccn2C)c1C. The summed E-state index contributed by atoms with van der Waals surface area (Å²) in [6.07, 6.45) is 5.25. The van der Waals surface area contributed by atoms with E-state index in [0.29, 0.717) is 0 Å². The molecule has 0 aromatic carbocycles. The summed E-state index contributed by atoms with van der Waals surface area (Å²) < 4.78 is 1.96. The van der Waals surface area contributed by atoms with Gasteiger partial charge in [-0.1, -0.05) is 0 Å². The second kappa shape index (κ2) is 4.52. The first-order chi connectivity index (χ1) is 7.72. The van der Waals surface area contributed by atoms with Gasteiger partial charge in [-0.05, 0) is 18.7 Å². The van der Waals surface area contributed by atoms with E-state index in [1.807, 2.05) is 31.8 Å². The number of hydrogen-bond donors (Lipinski definition) is 1. The average molecular weight is 235 g/mol. The van der Waals surface area contributed by atoms with Crippen LogP contribution in [0.3, 0.4) is 0 Å². The molecule has 0 amide bonds. The molecule has 0 saturated heterocycles. The Labute approximate surface area is 98.3 Å². The highest BCUT2D eigenvalue weighted by atomic mass is 32.2. The third kappa shape index (κ3) is 2.01. The standard InChI is InChI=1S/C10H13N5S/c1-7-8(11-2)13-6-14-9(7)16-10-12-4-5-15(10)3/h4-6H,1-3H3,(H,11,13,14). The van der Waals surface area contributed by atoms with Crippen molar-refractivity contribution in [3.63, 3.8) is 0 Å². The fraction of sp³-hybridized carbons (Fsp3) is 0.300. The maximum absolute atomic E-state index is 4.26. The lowest BCUT2D eigenvalue weighted by Crippen LogP contribution is -1.99. The van der Waals surface area contributed by atoms with Crippen molar-refractivity contribution in [1.82, 2.24) is 19.5 Å². The average Bonchev–Trinajstić information content (AvgIpc) is 2.68. The normalized spacial score (nSPS) is 10.4. The molecule has 2 rings (SSSR count). The zero-order valence-electron chi connectivity index (χ0n) is 9.43. The molecule has 0 saturated carbocycles. The lowest BCUT2D eigenvalue weighted by Gasteiger charge is -2.07. The van der Waals surface area contributed by atoms with Gasteiger partial charge in [0, 0.05) is 32.1 Å². The summed E-state index contributed by atoms with van der Waals surface area (Å²) in [6.45, 7) is 2.00. The van der Waals surface area contributed by atoms with Gasteiger partial charge in [0.2, 0.25) is 0 Å². The molecule has 1 N–H and O–H groups in total. The molecule has 0 aliphatic heterocycles. The van der Waals surface area contributed by atoms with Crippen molar-refractivity contribution in [2.24, 2.45) is 7.05 Å². The molecule has 2 heterocycles. The largest absolute Gasteiger partial charge is 0.373 e.